The van der Waals surface area contributed by atoms with Crippen molar-refractivity contribution in [1.82, 2.24) is 10.3 Å². The Bertz CT molecular complexity index is 616. The van der Waals surface area contributed by atoms with Crippen molar-refractivity contribution < 1.29 is 9.47 Å². The highest BCUT2D eigenvalue weighted by atomic mass is 32.1. The Morgan fingerprint density at radius 2 is 1.92 bits per heavy atom. The van der Waals surface area contributed by atoms with Crippen molar-refractivity contribution in [3.63, 3.8) is 0 Å². The molecule has 1 aliphatic carbocycles. The lowest BCUT2D eigenvalue weighted by Crippen LogP contribution is -2.38. The van der Waals surface area contributed by atoms with Crippen molar-refractivity contribution in [2.24, 2.45) is 5.92 Å². The minimum absolute atomic E-state index is 0.182. The van der Waals surface area contributed by atoms with Crippen molar-refractivity contribution in [2.45, 2.75) is 37.5 Å². The summed E-state index contributed by atoms with van der Waals surface area (Å²) in [6.07, 6.45) is 6.24. The summed E-state index contributed by atoms with van der Waals surface area (Å²) >= 11 is 1.71. The van der Waals surface area contributed by atoms with E-state index in [0.717, 1.165) is 50.4 Å². The van der Waals surface area contributed by atoms with Gasteiger partial charge in [-0.3, -0.25) is 0 Å². The van der Waals surface area contributed by atoms with E-state index in [4.69, 9.17) is 9.47 Å². The summed E-state index contributed by atoms with van der Waals surface area (Å²) in [5.74, 6) is 0.416. The molecule has 0 amide bonds. The van der Waals surface area contributed by atoms with Crippen molar-refractivity contribution in [1.29, 1.82) is 0 Å². The van der Waals surface area contributed by atoms with Gasteiger partial charge in [0.05, 0.1) is 19.3 Å². The van der Waals surface area contributed by atoms with Gasteiger partial charge in [0.15, 0.2) is 5.79 Å². The second-order valence-corrected chi connectivity index (χ2v) is 7.60. The third kappa shape index (κ3) is 3.54. The van der Waals surface area contributed by atoms with Gasteiger partial charge in [-0.15, -0.1) is 11.3 Å². The number of thiazole rings is 1. The molecule has 2 heterocycles. The first-order valence-electron chi connectivity index (χ1n) is 8.80. The van der Waals surface area contributed by atoms with Crippen LogP contribution in [0.4, 0.5) is 0 Å². The third-order valence-electron chi connectivity index (χ3n) is 5.12. The molecule has 1 aliphatic heterocycles. The maximum Gasteiger partial charge on any atom is 0.168 e. The molecule has 1 saturated carbocycles. The number of hydrogen-bond donors (Lipinski definition) is 1. The van der Waals surface area contributed by atoms with E-state index in [2.05, 4.69) is 40.6 Å². The highest BCUT2D eigenvalue weighted by molar-refractivity contribution is 7.09. The molecule has 2 aromatic rings. The normalized spacial score (nSPS) is 22.0. The van der Waals surface area contributed by atoms with Crippen LogP contribution in [0.1, 0.15) is 42.3 Å². The first kappa shape index (κ1) is 16.2. The molecule has 0 unspecified atom stereocenters. The first-order valence-corrected chi connectivity index (χ1v) is 9.68. The fraction of sp³-hybridized carbons (Fsp3) is 0.526. The molecule has 2 aliphatic rings. The smallest absolute Gasteiger partial charge is 0.168 e. The maximum absolute atomic E-state index is 5.83. The summed E-state index contributed by atoms with van der Waals surface area (Å²) in [6.45, 7) is 2.52. The standard InChI is InChI=1S/C19H24N2O2S/c1-2-4-16(5-3-1)17(18-20-10-13-24-18)21-14-15-6-8-19(9-7-15)22-11-12-23-19/h1-5,10,13,15,17,21H,6-9,11-12,14H2/t17-/m0/s1. The number of rotatable bonds is 5. The molecule has 4 nitrogen and oxygen atoms in total. The van der Waals surface area contributed by atoms with Crippen LogP contribution in [-0.4, -0.2) is 30.5 Å². The lowest BCUT2D eigenvalue weighted by Gasteiger charge is -2.35. The Labute approximate surface area is 147 Å². The van der Waals surface area contributed by atoms with Crippen molar-refractivity contribution in [3.8, 4) is 0 Å². The zero-order valence-electron chi connectivity index (χ0n) is 13.8. The van der Waals surface area contributed by atoms with Gasteiger partial charge in [-0.2, -0.15) is 0 Å². The van der Waals surface area contributed by atoms with Gasteiger partial charge in [0.2, 0.25) is 0 Å². The van der Waals surface area contributed by atoms with Gasteiger partial charge in [-0.05, 0) is 30.9 Å². The number of aromatic nitrogens is 1. The summed E-state index contributed by atoms with van der Waals surface area (Å²) in [6, 6.07) is 10.8. The van der Waals surface area contributed by atoms with Gasteiger partial charge in [-0.1, -0.05) is 30.3 Å². The number of nitrogens with zero attached hydrogens (tertiary/aromatic N) is 1. The predicted octanol–water partition coefficient (Wildman–Crippen LogP) is 3.76. The highest BCUT2D eigenvalue weighted by Gasteiger charge is 2.40. The van der Waals surface area contributed by atoms with Gasteiger partial charge in [0.1, 0.15) is 5.01 Å². The van der Waals surface area contributed by atoms with E-state index in [1.807, 2.05) is 11.6 Å². The zero-order valence-corrected chi connectivity index (χ0v) is 14.6. The molecule has 5 heteroatoms. The Hall–Kier alpha value is -1.27. The Morgan fingerprint density at radius 3 is 2.58 bits per heavy atom. The minimum Gasteiger partial charge on any atom is -0.348 e. The highest BCUT2D eigenvalue weighted by Crippen LogP contribution is 2.38. The number of benzene rings is 1. The van der Waals surface area contributed by atoms with Crippen LogP contribution in [0.2, 0.25) is 0 Å². The maximum atomic E-state index is 5.83. The summed E-state index contributed by atoms with van der Waals surface area (Å²) in [5.41, 5.74) is 1.28. The zero-order chi connectivity index (χ0) is 16.2. The third-order valence-corrected chi connectivity index (χ3v) is 5.96. The average molecular weight is 344 g/mol. The molecule has 0 bridgehead atoms. The van der Waals surface area contributed by atoms with Crippen LogP contribution in [0.3, 0.4) is 0 Å². The summed E-state index contributed by atoms with van der Waals surface area (Å²) in [5, 5.41) is 6.94. The molecule has 1 saturated heterocycles. The fourth-order valence-corrected chi connectivity index (χ4v) is 4.50. The molecule has 24 heavy (non-hydrogen) atoms. The van der Waals surface area contributed by atoms with Crippen LogP contribution in [0, 0.1) is 5.92 Å². The Morgan fingerprint density at radius 1 is 1.17 bits per heavy atom. The monoisotopic (exact) mass is 344 g/mol. The van der Waals surface area contributed by atoms with E-state index >= 15 is 0 Å². The van der Waals surface area contributed by atoms with E-state index in [1.165, 1.54) is 5.56 Å². The van der Waals surface area contributed by atoms with Crippen LogP contribution in [-0.2, 0) is 9.47 Å². The van der Waals surface area contributed by atoms with Crippen LogP contribution in [0.25, 0.3) is 0 Å². The molecule has 4 rings (SSSR count). The van der Waals surface area contributed by atoms with Gasteiger partial charge < -0.3 is 14.8 Å². The average Bonchev–Trinajstić information content (AvgIpc) is 3.31. The van der Waals surface area contributed by atoms with E-state index in [0.29, 0.717) is 5.92 Å². The van der Waals surface area contributed by atoms with Crippen LogP contribution >= 0.6 is 11.3 Å². The van der Waals surface area contributed by atoms with E-state index in [9.17, 15) is 0 Å². The fourth-order valence-electron chi connectivity index (χ4n) is 3.76. The predicted molar refractivity (Wildman–Crippen MR) is 95.0 cm³/mol. The lowest BCUT2D eigenvalue weighted by molar-refractivity contribution is -0.182. The molecule has 2 fully saturated rings. The van der Waals surface area contributed by atoms with Gasteiger partial charge in [0.25, 0.3) is 0 Å². The van der Waals surface area contributed by atoms with Crippen molar-refractivity contribution >= 4 is 11.3 Å². The lowest BCUT2D eigenvalue weighted by atomic mass is 9.85. The van der Waals surface area contributed by atoms with Crippen molar-refractivity contribution in [2.75, 3.05) is 19.8 Å². The van der Waals surface area contributed by atoms with E-state index < -0.39 is 0 Å². The molecule has 1 atom stereocenters. The Kier molecular flexibility index (Phi) is 4.94. The van der Waals surface area contributed by atoms with Crippen LogP contribution < -0.4 is 5.32 Å². The topological polar surface area (TPSA) is 43.4 Å². The summed E-state index contributed by atoms with van der Waals surface area (Å²) < 4.78 is 11.7. The van der Waals surface area contributed by atoms with Gasteiger partial charge in [-0.25, -0.2) is 4.98 Å². The molecule has 0 radical (unpaired) electrons. The number of nitrogens with one attached hydrogen (secondary N) is 1. The largest absolute Gasteiger partial charge is 0.348 e. The number of ether oxygens (including phenoxy) is 2. The second kappa shape index (κ2) is 7.31. The molecule has 1 N–H and O–H groups in total. The molecular weight excluding hydrogens is 320 g/mol. The van der Waals surface area contributed by atoms with E-state index in [1.54, 1.807) is 11.3 Å². The van der Waals surface area contributed by atoms with Crippen LogP contribution in [0.15, 0.2) is 41.9 Å². The second-order valence-electron chi connectivity index (χ2n) is 6.67. The van der Waals surface area contributed by atoms with Gasteiger partial charge >= 0.3 is 0 Å². The number of hydrogen-bond acceptors (Lipinski definition) is 5. The van der Waals surface area contributed by atoms with Crippen LogP contribution in [0.5, 0.6) is 0 Å². The molecule has 128 valence electrons. The summed E-state index contributed by atoms with van der Waals surface area (Å²) in [7, 11) is 0. The molecule has 1 aromatic carbocycles. The van der Waals surface area contributed by atoms with Crippen molar-refractivity contribution in [3.05, 3.63) is 52.5 Å². The molecule has 1 spiro atoms. The quantitative estimate of drug-likeness (QED) is 0.897. The minimum atomic E-state index is -0.259. The van der Waals surface area contributed by atoms with Gasteiger partial charge in [0, 0.05) is 24.4 Å². The SMILES string of the molecule is c1ccc([C@H](NCC2CCC3(CC2)OCCO3)c2nccs2)cc1. The Balaban J connectivity index is 1.38. The molecule has 1 aromatic heterocycles. The van der Waals surface area contributed by atoms with E-state index in [-0.39, 0.29) is 11.8 Å². The summed E-state index contributed by atoms with van der Waals surface area (Å²) in [4.78, 5) is 4.53. The first-order chi connectivity index (χ1) is 11.8. The molecular formula is C19H24N2O2S.